The van der Waals surface area contributed by atoms with Crippen LogP contribution in [0.2, 0.25) is 5.02 Å². The molecule has 1 aromatic carbocycles. The maximum Gasteiger partial charge on any atom is 0.160 e. The van der Waals surface area contributed by atoms with E-state index in [1.54, 1.807) is 6.20 Å². The number of hydrogen-bond acceptors (Lipinski definition) is 6. The molecule has 0 spiro atoms. The van der Waals surface area contributed by atoms with Crippen molar-refractivity contribution in [1.29, 1.82) is 5.26 Å². The predicted octanol–water partition coefficient (Wildman–Crippen LogP) is 7.65. The van der Waals surface area contributed by atoms with Gasteiger partial charge in [0, 0.05) is 68.5 Å². The van der Waals surface area contributed by atoms with Crippen molar-refractivity contribution in [3.05, 3.63) is 52.9 Å². The summed E-state index contributed by atoms with van der Waals surface area (Å²) in [5.74, 6) is 0.810. The zero-order chi connectivity index (χ0) is 28.6. The van der Waals surface area contributed by atoms with E-state index in [-0.39, 0.29) is 6.29 Å². The van der Waals surface area contributed by atoms with Crippen LogP contribution in [0.3, 0.4) is 0 Å². The third kappa shape index (κ3) is 6.99. The topological polar surface area (TPSA) is 77.4 Å². The molecule has 2 saturated heterocycles. The standard InChI is InChI=1S/C33H44ClN5O2/c1-3-5-18-40-33(41-19-6-4-2)24-13-16-38(17-14-24)27-9-11-29(36-22-27)25-8-7-15-39(23-25)30-12-10-28(34)31-26(20-35)21-37-32(30)31/h9-12,21-22,24-25,33,37H,3-8,13-19,23H2,1-2H3. The maximum atomic E-state index is 9.51. The first-order valence-electron chi connectivity index (χ1n) is 15.5. The van der Waals surface area contributed by atoms with Gasteiger partial charge in [-0.1, -0.05) is 38.3 Å². The molecule has 1 atom stereocenters. The fraction of sp³-hybridized carbons (Fsp3) is 0.576. The Labute approximate surface area is 249 Å². The number of pyridine rings is 1. The molecule has 0 amide bonds. The highest BCUT2D eigenvalue weighted by Gasteiger charge is 2.29. The number of H-pyrrole nitrogens is 1. The van der Waals surface area contributed by atoms with Crippen LogP contribution in [-0.2, 0) is 9.47 Å². The number of unbranched alkanes of at least 4 members (excludes halogenated alkanes) is 2. The molecular formula is C33H44ClN5O2. The van der Waals surface area contributed by atoms with E-state index in [9.17, 15) is 5.26 Å². The van der Waals surface area contributed by atoms with Gasteiger partial charge in [0.15, 0.2) is 6.29 Å². The van der Waals surface area contributed by atoms with Gasteiger partial charge in [-0.15, -0.1) is 0 Å². The molecule has 2 aliphatic rings. The van der Waals surface area contributed by atoms with E-state index in [1.807, 2.05) is 6.07 Å². The lowest BCUT2D eigenvalue weighted by molar-refractivity contribution is -0.177. The summed E-state index contributed by atoms with van der Waals surface area (Å²) in [6.45, 7) is 9.84. The van der Waals surface area contributed by atoms with Crippen molar-refractivity contribution in [3.8, 4) is 6.07 Å². The van der Waals surface area contributed by atoms with Crippen LogP contribution < -0.4 is 9.80 Å². The number of benzene rings is 1. The molecule has 1 N–H and O–H groups in total. The minimum Gasteiger partial charge on any atom is -0.370 e. The van der Waals surface area contributed by atoms with Crippen LogP contribution in [0.1, 0.15) is 82.4 Å². The number of ether oxygens (including phenoxy) is 2. The first kappa shape index (κ1) is 29.7. The molecule has 1 unspecified atom stereocenters. The Morgan fingerprint density at radius 3 is 2.44 bits per heavy atom. The van der Waals surface area contributed by atoms with E-state index in [4.69, 9.17) is 26.1 Å². The second kappa shape index (κ2) is 14.4. The van der Waals surface area contributed by atoms with Gasteiger partial charge < -0.3 is 24.3 Å². The Morgan fingerprint density at radius 1 is 1.02 bits per heavy atom. The Morgan fingerprint density at radius 2 is 1.78 bits per heavy atom. The van der Waals surface area contributed by atoms with Gasteiger partial charge in [-0.25, -0.2) is 0 Å². The van der Waals surface area contributed by atoms with E-state index >= 15 is 0 Å². The molecule has 0 saturated carbocycles. The molecule has 2 aliphatic heterocycles. The SMILES string of the molecule is CCCCOC(OCCCC)C1CCN(c2ccc(C3CCCN(c4ccc(Cl)c5c(C#N)c[nH]c45)C3)nc2)CC1. The molecule has 0 bridgehead atoms. The predicted molar refractivity (Wildman–Crippen MR) is 167 cm³/mol. The van der Waals surface area contributed by atoms with Crippen molar-refractivity contribution < 1.29 is 9.47 Å². The average molecular weight is 578 g/mol. The summed E-state index contributed by atoms with van der Waals surface area (Å²) in [6.07, 6.45) is 12.6. The number of halogens is 1. The van der Waals surface area contributed by atoms with Gasteiger partial charge in [-0.2, -0.15) is 5.26 Å². The average Bonchev–Trinajstić information content (AvgIpc) is 3.46. The Balaban J connectivity index is 1.20. The van der Waals surface area contributed by atoms with E-state index in [1.165, 1.54) is 5.69 Å². The smallest absolute Gasteiger partial charge is 0.160 e. The fourth-order valence-corrected chi connectivity index (χ4v) is 6.50. The number of fused-ring (bicyclic) bond motifs is 1. The summed E-state index contributed by atoms with van der Waals surface area (Å²) in [5.41, 5.74) is 4.98. The number of anilines is 2. The van der Waals surface area contributed by atoms with Crippen molar-refractivity contribution >= 4 is 33.9 Å². The summed E-state index contributed by atoms with van der Waals surface area (Å²) >= 11 is 6.46. The number of aromatic nitrogens is 2. The molecule has 4 heterocycles. The number of piperidine rings is 2. The zero-order valence-corrected chi connectivity index (χ0v) is 25.3. The molecule has 41 heavy (non-hydrogen) atoms. The van der Waals surface area contributed by atoms with Crippen LogP contribution >= 0.6 is 11.6 Å². The maximum absolute atomic E-state index is 9.51. The number of nitrogens with one attached hydrogen (secondary N) is 1. The first-order chi connectivity index (χ1) is 20.1. The van der Waals surface area contributed by atoms with Gasteiger partial charge >= 0.3 is 0 Å². The lowest BCUT2D eigenvalue weighted by Gasteiger charge is -2.37. The lowest BCUT2D eigenvalue weighted by Crippen LogP contribution is -2.40. The molecule has 2 fully saturated rings. The Kier molecular flexibility index (Phi) is 10.4. The van der Waals surface area contributed by atoms with Gasteiger partial charge in [0.2, 0.25) is 0 Å². The summed E-state index contributed by atoms with van der Waals surface area (Å²) in [7, 11) is 0. The van der Waals surface area contributed by atoms with Crippen molar-refractivity contribution in [2.24, 2.45) is 5.92 Å². The van der Waals surface area contributed by atoms with Crippen LogP contribution in [0.15, 0.2) is 36.7 Å². The van der Waals surface area contributed by atoms with E-state index in [0.29, 0.717) is 22.4 Å². The molecular weight excluding hydrogens is 534 g/mol. The van der Waals surface area contributed by atoms with Gasteiger partial charge in [0.25, 0.3) is 0 Å². The Hall–Kier alpha value is -2.79. The monoisotopic (exact) mass is 577 g/mol. The molecule has 220 valence electrons. The fourth-order valence-electron chi connectivity index (χ4n) is 6.25. The summed E-state index contributed by atoms with van der Waals surface area (Å²) < 4.78 is 12.4. The summed E-state index contributed by atoms with van der Waals surface area (Å²) in [5, 5.41) is 10.9. The molecule has 2 aromatic heterocycles. The minimum atomic E-state index is -0.0793. The highest BCUT2D eigenvalue weighted by atomic mass is 35.5. The van der Waals surface area contributed by atoms with Crippen LogP contribution in [-0.4, -0.2) is 55.7 Å². The molecule has 0 aliphatic carbocycles. The second-order valence-electron chi connectivity index (χ2n) is 11.5. The highest BCUT2D eigenvalue weighted by Crippen LogP contribution is 2.37. The first-order valence-corrected chi connectivity index (χ1v) is 15.9. The van der Waals surface area contributed by atoms with Crippen LogP contribution in [0, 0.1) is 17.2 Å². The van der Waals surface area contributed by atoms with E-state index < -0.39 is 0 Å². The lowest BCUT2D eigenvalue weighted by atomic mass is 9.93. The zero-order valence-electron chi connectivity index (χ0n) is 24.6. The molecule has 0 radical (unpaired) electrons. The second-order valence-corrected chi connectivity index (χ2v) is 11.9. The summed E-state index contributed by atoms with van der Waals surface area (Å²) in [4.78, 5) is 13.1. The number of hydrogen-bond donors (Lipinski definition) is 1. The number of aromatic amines is 1. The Bertz CT molecular complexity index is 1290. The third-order valence-electron chi connectivity index (χ3n) is 8.68. The van der Waals surface area contributed by atoms with Crippen LogP contribution in [0.4, 0.5) is 11.4 Å². The van der Waals surface area contributed by atoms with Crippen LogP contribution in [0.5, 0.6) is 0 Å². The van der Waals surface area contributed by atoms with Crippen LogP contribution in [0.25, 0.3) is 10.9 Å². The summed E-state index contributed by atoms with van der Waals surface area (Å²) in [6, 6.07) is 10.7. The minimum absolute atomic E-state index is 0.0793. The third-order valence-corrected chi connectivity index (χ3v) is 9.00. The van der Waals surface area contributed by atoms with Gasteiger partial charge in [-0.3, -0.25) is 4.98 Å². The quantitative estimate of drug-likeness (QED) is 0.176. The highest BCUT2D eigenvalue weighted by molar-refractivity contribution is 6.36. The van der Waals surface area contributed by atoms with E-state index in [0.717, 1.165) is 113 Å². The molecule has 8 heteroatoms. The molecule has 5 rings (SSSR count). The normalized spacial score (nSPS) is 18.4. The molecule has 7 nitrogen and oxygen atoms in total. The number of rotatable bonds is 12. The number of nitriles is 1. The van der Waals surface area contributed by atoms with Gasteiger partial charge in [0.1, 0.15) is 6.07 Å². The largest absolute Gasteiger partial charge is 0.370 e. The molecule has 3 aromatic rings. The van der Waals surface area contributed by atoms with Gasteiger partial charge in [-0.05, 0) is 62.8 Å². The van der Waals surface area contributed by atoms with Crippen molar-refractivity contribution in [1.82, 2.24) is 9.97 Å². The van der Waals surface area contributed by atoms with Gasteiger partial charge in [0.05, 0.1) is 33.7 Å². The van der Waals surface area contributed by atoms with Crippen molar-refractivity contribution in [2.45, 2.75) is 77.4 Å². The number of nitrogens with zero attached hydrogens (tertiary/aromatic N) is 4. The van der Waals surface area contributed by atoms with Crippen molar-refractivity contribution in [3.63, 3.8) is 0 Å². The van der Waals surface area contributed by atoms with Crippen molar-refractivity contribution in [2.75, 3.05) is 49.2 Å². The van der Waals surface area contributed by atoms with E-state index in [2.05, 4.69) is 59.1 Å².